The van der Waals surface area contributed by atoms with Crippen molar-refractivity contribution in [2.24, 2.45) is 5.73 Å². The van der Waals surface area contributed by atoms with Gasteiger partial charge in [-0.15, -0.1) is 10.2 Å². The predicted octanol–water partition coefficient (Wildman–Crippen LogP) is 2.24. The van der Waals surface area contributed by atoms with Gasteiger partial charge in [-0.05, 0) is 31.5 Å². The number of rotatable bonds is 4. The summed E-state index contributed by atoms with van der Waals surface area (Å²) >= 11 is 0. The SMILES string of the molecule is Cc1ccccc1-c1ccc(N(C)CC(C)N)nn1. The van der Waals surface area contributed by atoms with Crippen LogP contribution in [0.5, 0.6) is 0 Å². The molecule has 0 aliphatic heterocycles. The fourth-order valence-electron chi connectivity index (χ4n) is 2.06. The first kappa shape index (κ1) is 13.5. The molecule has 1 aromatic carbocycles. The second-order valence-electron chi connectivity index (χ2n) is 4.95. The van der Waals surface area contributed by atoms with E-state index < -0.39 is 0 Å². The van der Waals surface area contributed by atoms with Crippen LogP contribution in [0.4, 0.5) is 5.82 Å². The standard InChI is InChI=1S/C15H20N4/c1-11-6-4-5-7-13(11)14-8-9-15(18-17-14)19(3)10-12(2)16/h4-9,12H,10,16H2,1-3H3. The van der Waals surface area contributed by atoms with Gasteiger partial charge in [-0.25, -0.2) is 0 Å². The van der Waals surface area contributed by atoms with Crippen molar-refractivity contribution in [3.8, 4) is 11.3 Å². The van der Waals surface area contributed by atoms with E-state index >= 15 is 0 Å². The number of benzene rings is 1. The van der Waals surface area contributed by atoms with Gasteiger partial charge in [0.15, 0.2) is 5.82 Å². The largest absolute Gasteiger partial charge is 0.357 e. The van der Waals surface area contributed by atoms with Crippen molar-refractivity contribution < 1.29 is 0 Å². The Kier molecular flexibility index (Phi) is 4.12. The van der Waals surface area contributed by atoms with Crippen molar-refractivity contribution in [1.82, 2.24) is 10.2 Å². The van der Waals surface area contributed by atoms with Crippen molar-refractivity contribution in [3.05, 3.63) is 42.0 Å². The average Bonchev–Trinajstić information content (AvgIpc) is 2.39. The quantitative estimate of drug-likeness (QED) is 0.911. The van der Waals surface area contributed by atoms with Crippen molar-refractivity contribution in [3.63, 3.8) is 0 Å². The zero-order valence-electron chi connectivity index (χ0n) is 11.7. The molecular weight excluding hydrogens is 236 g/mol. The van der Waals surface area contributed by atoms with E-state index in [2.05, 4.69) is 29.3 Å². The molecule has 1 unspecified atom stereocenters. The zero-order chi connectivity index (χ0) is 13.8. The number of aromatic nitrogens is 2. The second-order valence-corrected chi connectivity index (χ2v) is 4.95. The van der Waals surface area contributed by atoms with E-state index in [9.17, 15) is 0 Å². The van der Waals surface area contributed by atoms with E-state index in [1.165, 1.54) is 5.56 Å². The molecule has 0 radical (unpaired) electrons. The van der Waals surface area contributed by atoms with E-state index in [0.717, 1.165) is 23.6 Å². The van der Waals surface area contributed by atoms with Crippen molar-refractivity contribution in [2.75, 3.05) is 18.5 Å². The van der Waals surface area contributed by atoms with E-state index in [4.69, 9.17) is 5.73 Å². The molecule has 0 aliphatic carbocycles. The molecule has 0 saturated carbocycles. The summed E-state index contributed by atoms with van der Waals surface area (Å²) in [7, 11) is 1.97. The molecule has 2 rings (SSSR count). The molecule has 1 aromatic heterocycles. The lowest BCUT2D eigenvalue weighted by Gasteiger charge is -2.19. The lowest BCUT2D eigenvalue weighted by molar-refractivity contribution is 0.708. The number of anilines is 1. The molecule has 0 fully saturated rings. The summed E-state index contributed by atoms with van der Waals surface area (Å²) in [6.45, 7) is 4.82. The van der Waals surface area contributed by atoms with Crippen LogP contribution in [0.1, 0.15) is 12.5 Å². The van der Waals surface area contributed by atoms with Crippen LogP contribution in [0.2, 0.25) is 0 Å². The maximum Gasteiger partial charge on any atom is 0.151 e. The van der Waals surface area contributed by atoms with Gasteiger partial charge in [0.1, 0.15) is 0 Å². The number of hydrogen-bond donors (Lipinski definition) is 1. The van der Waals surface area contributed by atoms with Crippen LogP contribution in [-0.2, 0) is 0 Å². The van der Waals surface area contributed by atoms with Crippen LogP contribution in [0.15, 0.2) is 36.4 Å². The molecule has 0 spiro atoms. The average molecular weight is 256 g/mol. The summed E-state index contributed by atoms with van der Waals surface area (Å²) in [5.74, 6) is 0.842. The van der Waals surface area contributed by atoms with Crippen LogP contribution in [-0.4, -0.2) is 29.8 Å². The minimum absolute atomic E-state index is 0.114. The van der Waals surface area contributed by atoms with E-state index in [1.54, 1.807) is 0 Å². The van der Waals surface area contributed by atoms with E-state index in [1.807, 2.05) is 43.1 Å². The molecule has 2 aromatic rings. The maximum absolute atomic E-state index is 5.78. The highest BCUT2D eigenvalue weighted by Crippen LogP contribution is 2.21. The monoisotopic (exact) mass is 256 g/mol. The normalized spacial score (nSPS) is 12.2. The van der Waals surface area contributed by atoms with Gasteiger partial charge in [0.2, 0.25) is 0 Å². The summed E-state index contributed by atoms with van der Waals surface area (Å²) in [5.41, 5.74) is 9.00. The summed E-state index contributed by atoms with van der Waals surface area (Å²) in [4.78, 5) is 2.01. The Morgan fingerprint density at radius 1 is 1.16 bits per heavy atom. The zero-order valence-corrected chi connectivity index (χ0v) is 11.7. The molecule has 100 valence electrons. The number of nitrogens with two attached hydrogens (primary N) is 1. The lowest BCUT2D eigenvalue weighted by atomic mass is 10.1. The van der Waals surface area contributed by atoms with Gasteiger partial charge in [-0.1, -0.05) is 24.3 Å². The number of aryl methyl sites for hydroxylation is 1. The Hall–Kier alpha value is -1.94. The molecule has 2 N–H and O–H groups in total. The molecule has 4 nitrogen and oxygen atoms in total. The van der Waals surface area contributed by atoms with Gasteiger partial charge in [0.25, 0.3) is 0 Å². The van der Waals surface area contributed by atoms with Crippen LogP contribution in [0.25, 0.3) is 11.3 Å². The van der Waals surface area contributed by atoms with Gasteiger partial charge in [-0.2, -0.15) is 0 Å². The smallest absolute Gasteiger partial charge is 0.151 e. The fraction of sp³-hybridized carbons (Fsp3) is 0.333. The summed E-state index contributed by atoms with van der Waals surface area (Å²) in [6, 6.07) is 12.3. The molecule has 19 heavy (non-hydrogen) atoms. The van der Waals surface area contributed by atoms with Crippen LogP contribution < -0.4 is 10.6 Å². The predicted molar refractivity (Wildman–Crippen MR) is 79.1 cm³/mol. The lowest BCUT2D eigenvalue weighted by Crippen LogP contribution is -2.33. The van der Waals surface area contributed by atoms with Crippen molar-refractivity contribution in [1.29, 1.82) is 0 Å². The third kappa shape index (κ3) is 3.29. The number of nitrogens with zero attached hydrogens (tertiary/aromatic N) is 3. The van der Waals surface area contributed by atoms with Gasteiger partial charge in [0, 0.05) is 25.2 Å². The molecule has 1 atom stereocenters. The van der Waals surface area contributed by atoms with Crippen LogP contribution in [0, 0.1) is 6.92 Å². The Morgan fingerprint density at radius 2 is 1.89 bits per heavy atom. The minimum Gasteiger partial charge on any atom is -0.357 e. The van der Waals surface area contributed by atoms with E-state index in [-0.39, 0.29) is 6.04 Å². The molecule has 4 heteroatoms. The highest BCUT2D eigenvalue weighted by Gasteiger charge is 2.07. The van der Waals surface area contributed by atoms with Gasteiger partial charge < -0.3 is 10.6 Å². The number of hydrogen-bond acceptors (Lipinski definition) is 4. The van der Waals surface area contributed by atoms with Crippen molar-refractivity contribution in [2.45, 2.75) is 19.9 Å². The summed E-state index contributed by atoms with van der Waals surface area (Å²) < 4.78 is 0. The van der Waals surface area contributed by atoms with Crippen LogP contribution in [0.3, 0.4) is 0 Å². The Bertz CT molecular complexity index is 534. The molecule has 0 bridgehead atoms. The fourth-order valence-corrected chi connectivity index (χ4v) is 2.06. The molecule has 0 aliphatic rings. The molecule has 1 heterocycles. The third-order valence-corrected chi connectivity index (χ3v) is 3.02. The first-order valence-electron chi connectivity index (χ1n) is 6.44. The Labute approximate surface area is 114 Å². The summed E-state index contributed by atoms with van der Waals surface area (Å²) in [5, 5.41) is 8.58. The van der Waals surface area contributed by atoms with Gasteiger partial charge >= 0.3 is 0 Å². The highest BCUT2D eigenvalue weighted by atomic mass is 15.2. The number of likely N-dealkylation sites (N-methyl/N-ethyl adjacent to an activating group) is 1. The van der Waals surface area contributed by atoms with E-state index in [0.29, 0.717) is 0 Å². The van der Waals surface area contributed by atoms with Crippen LogP contribution >= 0.6 is 0 Å². The van der Waals surface area contributed by atoms with Gasteiger partial charge in [-0.3, -0.25) is 0 Å². The first-order chi connectivity index (χ1) is 9.08. The minimum atomic E-state index is 0.114. The topological polar surface area (TPSA) is 55.0 Å². The highest BCUT2D eigenvalue weighted by molar-refractivity contribution is 5.63. The molecule has 0 amide bonds. The molecular formula is C15H20N4. The molecule has 0 saturated heterocycles. The third-order valence-electron chi connectivity index (χ3n) is 3.02. The Balaban J connectivity index is 2.21. The van der Waals surface area contributed by atoms with Crippen molar-refractivity contribution >= 4 is 5.82 Å². The van der Waals surface area contributed by atoms with Gasteiger partial charge in [0.05, 0.1) is 5.69 Å². The maximum atomic E-state index is 5.78. The summed E-state index contributed by atoms with van der Waals surface area (Å²) in [6.07, 6.45) is 0. The second kappa shape index (κ2) is 5.80. The Morgan fingerprint density at radius 3 is 2.47 bits per heavy atom. The first-order valence-corrected chi connectivity index (χ1v) is 6.44.